The number of benzene rings is 2. The van der Waals surface area contributed by atoms with Crippen molar-refractivity contribution >= 4 is 18.1 Å². The number of phenols is 2. The van der Waals surface area contributed by atoms with E-state index in [2.05, 4.69) is 0 Å². The zero-order valence-corrected chi connectivity index (χ0v) is 30.9. The maximum atomic E-state index is 13.5. The van der Waals surface area contributed by atoms with Crippen LogP contribution in [0.5, 0.6) is 23.0 Å². The van der Waals surface area contributed by atoms with Gasteiger partial charge in [-0.2, -0.15) is 0 Å². The fourth-order valence-electron chi connectivity index (χ4n) is 6.98. The third kappa shape index (κ3) is 8.64. The predicted molar refractivity (Wildman–Crippen MR) is 195 cm³/mol. The van der Waals surface area contributed by atoms with Crippen molar-refractivity contribution in [3.8, 4) is 34.3 Å². The first kappa shape index (κ1) is 41.6. The number of ether oxygens (including phenoxy) is 7. The van der Waals surface area contributed by atoms with Gasteiger partial charge < -0.3 is 78.4 Å². The Balaban J connectivity index is 1.21. The molecule has 2 fully saturated rings. The number of aliphatic hydroxyl groups excluding tert-OH is 6. The minimum absolute atomic E-state index is 0.0245. The Bertz CT molecular complexity index is 1980. The first-order chi connectivity index (χ1) is 27.3. The van der Waals surface area contributed by atoms with E-state index in [-0.39, 0.29) is 52.3 Å². The largest absolute Gasteiger partial charge is 0.508 e. The van der Waals surface area contributed by atoms with Gasteiger partial charge in [-0.1, -0.05) is 0 Å². The van der Waals surface area contributed by atoms with Gasteiger partial charge in [0.25, 0.3) is 0 Å². The topological polar surface area (TPSA) is 274 Å². The molecular formula is C39H44O18. The number of hydrogen-bond donors (Lipinski definition) is 8. The van der Waals surface area contributed by atoms with Crippen molar-refractivity contribution in [3.63, 3.8) is 0 Å². The van der Waals surface area contributed by atoms with Crippen LogP contribution < -0.4 is 14.9 Å². The second-order valence-electron chi connectivity index (χ2n) is 13.6. The molecule has 3 heterocycles. The van der Waals surface area contributed by atoms with E-state index in [1.54, 1.807) is 12.1 Å². The monoisotopic (exact) mass is 800 g/mol. The van der Waals surface area contributed by atoms with Crippen LogP contribution >= 0.6 is 0 Å². The van der Waals surface area contributed by atoms with Gasteiger partial charge in [-0.15, -0.1) is 0 Å². The summed E-state index contributed by atoms with van der Waals surface area (Å²) in [6.07, 6.45) is -12.9. The molecule has 0 bridgehead atoms. The average Bonchev–Trinajstić information content (AvgIpc) is 3.21. The summed E-state index contributed by atoms with van der Waals surface area (Å²) in [4.78, 5) is 26.1. The maximum Gasteiger partial charge on any atom is 0.330 e. The zero-order chi connectivity index (χ0) is 41.1. The highest BCUT2D eigenvalue weighted by atomic mass is 16.7. The van der Waals surface area contributed by atoms with E-state index in [9.17, 15) is 50.4 Å². The molecule has 2 aliphatic heterocycles. The molecule has 2 aromatic carbocycles. The van der Waals surface area contributed by atoms with Crippen LogP contribution in [0.4, 0.5) is 0 Å². The third-order valence-corrected chi connectivity index (χ3v) is 10.1. The van der Waals surface area contributed by atoms with E-state index >= 15 is 0 Å². The normalized spacial score (nSPS) is 30.0. The van der Waals surface area contributed by atoms with Gasteiger partial charge in [0, 0.05) is 35.3 Å². The first-order valence-electron chi connectivity index (χ1n) is 17.8. The van der Waals surface area contributed by atoms with E-state index in [1.807, 2.05) is 0 Å². The summed E-state index contributed by atoms with van der Waals surface area (Å²) in [6.45, 7) is -1.37. The molecule has 1 unspecified atom stereocenters. The number of rotatable bonds is 12. The first-order valence-corrected chi connectivity index (χ1v) is 17.8. The molecule has 1 aromatic heterocycles. The number of esters is 1. The van der Waals surface area contributed by atoms with E-state index in [0.717, 1.165) is 6.08 Å². The number of phenolic OH excluding ortho intramolecular Hbond substituents is 2. The Hall–Kier alpha value is -5.02. The number of aromatic hydroxyl groups is 2. The molecule has 18 heteroatoms. The summed E-state index contributed by atoms with van der Waals surface area (Å²) in [5.74, 6) is -1.27. The van der Waals surface area contributed by atoms with Gasteiger partial charge in [0.2, 0.25) is 5.75 Å². The Morgan fingerprint density at radius 3 is 2.14 bits per heavy atom. The Labute approximate surface area is 324 Å². The minimum Gasteiger partial charge on any atom is -0.508 e. The predicted octanol–water partition coefficient (Wildman–Crippen LogP) is -0.174. The number of methoxy groups -OCH3 is 3. The Kier molecular flexibility index (Phi) is 12.9. The van der Waals surface area contributed by atoms with Crippen molar-refractivity contribution in [2.45, 2.75) is 67.6 Å². The SMILES string of the molecule is COC1=Cc2oc(-c3ccc(O)cc3)cc(=O)c2CC1[C@@H]1O[C@H](CO)[C@@H](O)[C@H](O)[C@H]1O[C@@H]1O[C@H](COC(=O)/C=C/c2cc(OC)c(O)c(OC)c2)[C@@H](O)[C@H](O)[C@H]1O. The lowest BCUT2D eigenvalue weighted by molar-refractivity contribution is -0.344. The van der Waals surface area contributed by atoms with Crippen molar-refractivity contribution in [1.29, 1.82) is 0 Å². The highest BCUT2D eigenvalue weighted by Gasteiger charge is 2.53. The van der Waals surface area contributed by atoms with E-state index in [1.165, 1.54) is 63.8 Å². The van der Waals surface area contributed by atoms with Gasteiger partial charge in [0.05, 0.1) is 34.0 Å². The van der Waals surface area contributed by atoms with Gasteiger partial charge in [0.1, 0.15) is 78.5 Å². The average molecular weight is 801 g/mol. The standard InChI is InChI=1S/C39H44O18/c1-50-24-14-25-20(22(42)13-23(54-25)18-5-7-19(41)8-6-18)12-21(24)37-38(35(48)32(45)28(15-40)55-37)57-39-36(49)34(47)33(46)29(56-39)16-53-30(43)9-4-17-10-26(51-2)31(44)27(11-17)52-3/h4-11,13-14,21,28-29,32-41,44-49H,12,15-16H2,1-3H3/b9-4+/t21?,28-,29-,32-,33-,34+,35+,36-,37+,38-,39+/m1/s1. The van der Waals surface area contributed by atoms with Crippen LogP contribution in [0.25, 0.3) is 23.5 Å². The molecule has 1 aliphatic carbocycles. The second kappa shape index (κ2) is 17.6. The van der Waals surface area contributed by atoms with E-state index < -0.39 is 91.8 Å². The summed E-state index contributed by atoms with van der Waals surface area (Å²) in [7, 11) is 4.03. The van der Waals surface area contributed by atoms with Gasteiger partial charge in [-0.3, -0.25) is 4.79 Å². The van der Waals surface area contributed by atoms with E-state index in [0.29, 0.717) is 11.1 Å². The summed E-state index contributed by atoms with van der Waals surface area (Å²) >= 11 is 0. The molecule has 0 saturated carbocycles. The lowest BCUT2D eigenvalue weighted by Crippen LogP contribution is -2.65. The van der Waals surface area contributed by atoms with Crippen LogP contribution in [0.3, 0.4) is 0 Å². The Morgan fingerprint density at radius 2 is 1.51 bits per heavy atom. The molecule has 0 spiro atoms. The molecule has 6 rings (SSSR count). The smallest absolute Gasteiger partial charge is 0.330 e. The molecule has 8 N–H and O–H groups in total. The van der Waals surface area contributed by atoms with Crippen molar-refractivity contribution < 1.29 is 83.2 Å². The van der Waals surface area contributed by atoms with Crippen molar-refractivity contribution in [2.24, 2.45) is 5.92 Å². The van der Waals surface area contributed by atoms with Crippen LogP contribution in [0.2, 0.25) is 0 Å². The van der Waals surface area contributed by atoms with E-state index in [4.69, 9.17) is 37.6 Å². The van der Waals surface area contributed by atoms with Gasteiger partial charge in [0.15, 0.2) is 23.2 Å². The molecule has 3 aliphatic rings. The summed E-state index contributed by atoms with van der Waals surface area (Å²) < 4.78 is 45.1. The maximum absolute atomic E-state index is 13.5. The molecule has 308 valence electrons. The van der Waals surface area contributed by atoms with Crippen LogP contribution in [-0.4, -0.2) is 143 Å². The number of hydrogen-bond acceptors (Lipinski definition) is 18. The fraction of sp³-hybridized carbons (Fsp3) is 0.436. The summed E-state index contributed by atoms with van der Waals surface area (Å²) in [5, 5.41) is 84.5. The van der Waals surface area contributed by atoms with Gasteiger partial charge in [-0.25, -0.2) is 4.79 Å². The molecule has 2 saturated heterocycles. The molecule has 11 atom stereocenters. The van der Waals surface area contributed by atoms with Gasteiger partial charge in [-0.05, 0) is 54.5 Å². The van der Waals surface area contributed by atoms with Crippen molar-refractivity contribution in [3.05, 3.63) is 81.4 Å². The lowest BCUT2D eigenvalue weighted by atomic mass is 9.80. The quantitative estimate of drug-likeness (QED) is 0.0872. The molecule has 0 amide bonds. The van der Waals surface area contributed by atoms with Crippen molar-refractivity contribution in [1.82, 2.24) is 0 Å². The number of carbonyl (C=O) groups is 1. The van der Waals surface area contributed by atoms with Crippen LogP contribution in [0, 0.1) is 5.92 Å². The fourth-order valence-corrected chi connectivity index (χ4v) is 6.98. The number of aliphatic hydroxyl groups is 6. The highest BCUT2D eigenvalue weighted by molar-refractivity contribution is 5.87. The van der Waals surface area contributed by atoms with Crippen LogP contribution in [0.1, 0.15) is 16.9 Å². The number of fused-ring (bicyclic) bond motifs is 1. The number of carbonyl (C=O) groups excluding carboxylic acids is 1. The molecule has 3 aromatic rings. The Morgan fingerprint density at radius 1 is 0.842 bits per heavy atom. The summed E-state index contributed by atoms with van der Waals surface area (Å²) in [6, 6.07) is 10.2. The molecule has 18 nitrogen and oxygen atoms in total. The second-order valence-corrected chi connectivity index (χ2v) is 13.6. The lowest BCUT2D eigenvalue weighted by Gasteiger charge is -2.48. The molecular weight excluding hydrogens is 756 g/mol. The third-order valence-electron chi connectivity index (χ3n) is 10.1. The zero-order valence-electron chi connectivity index (χ0n) is 30.9. The molecule has 0 radical (unpaired) electrons. The highest BCUT2D eigenvalue weighted by Crippen LogP contribution is 2.40. The van der Waals surface area contributed by atoms with Crippen molar-refractivity contribution in [2.75, 3.05) is 34.5 Å². The molecule has 57 heavy (non-hydrogen) atoms. The van der Waals surface area contributed by atoms with Crippen LogP contribution in [0.15, 0.2) is 63.5 Å². The summed E-state index contributed by atoms with van der Waals surface area (Å²) in [5.41, 5.74) is 0.717. The minimum atomic E-state index is -1.93. The van der Waals surface area contributed by atoms with Crippen LogP contribution in [-0.2, 0) is 34.9 Å². The van der Waals surface area contributed by atoms with Gasteiger partial charge >= 0.3 is 5.97 Å².